The van der Waals surface area contributed by atoms with Gasteiger partial charge in [-0.15, -0.1) is 0 Å². The molecule has 2 aromatic carbocycles. The Hall–Kier alpha value is -3.45. The van der Waals surface area contributed by atoms with Crippen molar-refractivity contribution < 1.29 is 4.74 Å². The highest BCUT2D eigenvalue weighted by Gasteiger charge is 2.29. The predicted octanol–water partition coefficient (Wildman–Crippen LogP) is 4.52. The molecule has 7 nitrogen and oxygen atoms in total. The Morgan fingerprint density at radius 2 is 1.74 bits per heavy atom. The molecule has 1 saturated heterocycles. The van der Waals surface area contributed by atoms with Crippen molar-refractivity contribution in [2.24, 2.45) is 0 Å². The summed E-state index contributed by atoms with van der Waals surface area (Å²) < 4.78 is 7.96. The molecular formula is C24H26N6O. The van der Waals surface area contributed by atoms with E-state index < -0.39 is 0 Å². The topological polar surface area (TPSA) is 82.1 Å². The van der Waals surface area contributed by atoms with Gasteiger partial charge in [-0.2, -0.15) is 5.10 Å². The summed E-state index contributed by atoms with van der Waals surface area (Å²) in [6, 6.07) is 18.4. The molecule has 2 aromatic heterocycles. The first-order chi connectivity index (χ1) is 15.1. The number of anilines is 1. The number of nitrogen functional groups attached to an aromatic ring is 1. The molecule has 158 valence electrons. The highest BCUT2D eigenvalue weighted by molar-refractivity contribution is 5.98. The van der Waals surface area contributed by atoms with Gasteiger partial charge >= 0.3 is 0 Å². The first-order valence-electron chi connectivity index (χ1n) is 10.7. The zero-order valence-electron chi connectivity index (χ0n) is 17.8. The van der Waals surface area contributed by atoms with E-state index in [1.165, 1.54) is 6.33 Å². The van der Waals surface area contributed by atoms with E-state index in [-0.39, 0.29) is 6.04 Å². The van der Waals surface area contributed by atoms with Crippen LogP contribution in [0.4, 0.5) is 5.82 Å². The van der Waals surface area contributed by atoms with Gasteiger partial charge < -0.3 is 10.5 Å². The third kappa shape index (κ3) is 3.72. The maximum atomic E-state index is 6.27. The quantitative estimate of drug-likeness (QED) is 0.517. The molecular weight excluding hydrogens is 388 g/mol. The molecule has 31 heavy (non-hydrogen) atoms. The average Bonchev–Trinajstić information content (AvgIpc) is 3.41. The van der Waals surface area contributed by atoms with Gasteiger partial charge in [-0.25, -0.2) is 14.6 Å². The predicted molar refractivity (Wildman–Crippen MR) is 122 cm³/mol. The number of ether oxygens (including phenoxy) is 1. The zero-order valence-corrected chi connectivity index (χ0v) is 17.8. The van der Waals surface area contributed by atoms with Crippen LogP contribution in [0.2, 0.25) is 0 Å². The van der Waals surface area contributed by atoms with Crippen molar-refractivity contribution in [3.05, 3.63) is 60.9 Å². The molecule has 4 aromatic rings. The fourth-order valence-corrected chi connectivity index (χ4v) is 4.19. The Kier molecular flexibility index (Phi) is 5.03. The van der Waals surface area contributed by atoms with E-state index in [0.717, 1.165) is 53.3 Å². The third-order valence-corrected chi connectivity index (χ3v) is 5.90. The zero-order chi connectivity index (χ0) is 21.4. The number of nitrogens with zero attached hydrogens (tertiary/aromatic N) is 5. The molecule has 0 amide bonds. The number of aromatic nitrogens is 4. The Balaban J connectivity index is 1.50. The van der Waals surface area contributed by atoms with Gasteiger partial charge in [-0.05, 0) is 56.7 Å². The Morgan fingerprint density at radius 1 is 1.00 bits per heavy atom. The fraction of sp³-hybridized carbons (Fsp3) is 0.292. The molecule has 1 aliphatic rings. The van der Waals surface area contributed by atoms with Crippen LogP contribution in [0.15, 0.2) is 60.9 Å². The van der Waals surface area contributed by atoms with Crippen LogP contribution < -0.4 is 10.5 Å². The van der Waals surface area contributed by atoms with Gasteiger partial charge in [0.1, 0.15) is 29.3 Å². The number of hydrogen-bond donors (Lipinski definition) is 1. The lowest BCUT2D eigenvalue weighted by Gasteiger charge is -2.20. The van der Waals surface area contributed by atoms with E-state index >= 15 is 0 Å². The first kappa shape index (κ1) is 19.5. The third-order valence-electron chi connectivity index (χ3n) is 5.90. The number of nitrogens with two attached hydrogens (primary N) is 1. The smallest absolute Gasteiger partial charge is 0.164 e. The van der Waals surface area contributed by atoms with Crippen LogP contribution in [0.25, 0.3) is 22.3 Å². The molecule has 1 aliphatic heterocycles. The lowest BCUT2D eigenvalue weighted by molar-refractivity contribution is 0.263. The molecule has 0 saturated carbocycles. The molecule has 1 fully saturated rings. The summed E-state index contributed by atoms with van der Waals surface area (Å²) in [7, 11) is 0. The molecule has 0 bridgehead atoms. The van der Waals surface area contributed by atoms with Crippen LogP contribution in [0.5, 0.6) is 11.5 Å². The summed E-state index contributed by atoms with van der Waals surface area (Å²) in [4.78, 5) is 11.2. The Morgan fingerprint density at radius 3 is 2.45 bits per heavy atom. The lowest BCUT2D eigenvalue weighted by atomic mass is 10.1. The van der Waals surface area contributed by atoms with Crippen LogP contribution >= 0.6 is 0 Å². The van der Waals surface area contributed by atoms with E-state index in [9.17, 15) is 0 Å². The van der Waals surface area contributed by atoms with Gasteiger partial charge in [0.25, 0.3) is 0 Å². The largest absolute Gasteiger partial charge is 0.457 e. The summed E-state index contributed by atoms with van der Waals surface area (Å²) in [5.41, 5.74) is 8.84. The van der Waals surface area contributed by atoms with Gasteiger partial charge in [0.15, 0.2) is 5.65 Å². The van der Waals surface area contributed by atoms with Crippen LogP contribution in [0, 0.1) is 0 Å². The lowest BCUT2D eigenvalue weighted by Crippen LogP contribution is -2.28. The number of fused-ring (bicyclic) bond motifs is 1. The highest BCUT2D eigenvalue weighted by atomic mass is 16.5. The fourth-order valence-electron chi connectivity index (χ4n) is 4.19. The van der Waals surface area contributed by atoms with Crippen molar-refractivity contribution in [2.45, 2.75) is 32.4 Å². The number of likely N-dealkylation sites (tertiary alicyclic amines) is 1. The van der Waals surface area contributed by atoms with Gasteiger partial charge in [-0.3, -0.25) is 4.90 Å². The molecule has 3 heterocycles. The second kappa shape index (κ2) is 8.00. The second-order valence-electron chi connectivity index (χ2n) is 8.22. The molecule has 5 rings (SSSR count). The van der Waals surface area contributed by atoms with E-state index in [4.69, 9.17) is 15.6 Å². The molecule has 0 aliphatic carbocycles. The van der Waals surface area contributed by atoms with E-state index in [0.29, 0.717) is 11.9 Å². The maximum Gasteiger partial charge on any atom is 0.164 e. The van der Waals surface area contributed by atoms with Crippen molar-refractivity contribution in [3.8, 4) is 22.8 Å². The minimum atomic E-state index is 0.272. The number of benzene rings is 2. The minimum Gasteiger partial charge on any atom is -0.457 e. The van der Waals surface area contributed by atoms with Crippen LogP contribution in [-0.4, -0.2) is 43.8 Å². The Labute approximate surface area is 181 Å². The van der Waals surface area contributed by atoms with Crippen LogP contribution in [0.1, 0.15) is 26.3 Å². The Bertz CT molecular complexity index is 1190. The van der Waals surface area contributed by atoms with Gasteiger partial charge in [0.2, 0.25) is 0 Å². The molecule has 2 N–H and O–H groups in total. The summed E-state index contributed by atoms with van der Waals surface area (Å²) >= 11 is 0. The van der Waals surface area contributed by atoms with Crippen molar-refractivity contribution in [2.75, 3.05) is 18.8 Å². The number of rotatable bonds is 5. The molecule has 0 unspecified atom stereocenters. The summed E-state index contributed by atoms with van der Waals surface area (Å²) in [6.07, 6.45) is 2.56. The first-order valence-corrected chi connectivity index (χ1v) is 10.7. The van der Waals surface area contributed by atoms with E-state index in [2.05, 4.69) is 28.7 Å². The average molecular weight is 415 g/mol. The van der Waals surface area contributed by atoms with E-state index in [1.54, 1.807) is 0 Å². The standard InChI is InChI=1S/C24H26N6O/c1-16(2)29-13-12-18(14-29)30-24-21(23(25)26-15-27-24)22(28-30)17-8-10-20(11-9-17)31-19-6-4-3-5-7-19/h3-11,15-16,18H,12-14H2,1-2H3,(H2,25,26,27)/t18-/m1/s1. The number of para-hydroxylation sites is 1. The van der Waals surface area contributed by atoms with Gasteiger partial charge in [0.05, 0.1) is 11.4 Å². The second-order valence-corrected chi connectivity index (χ2v) is 8.22. The highest BCUT2D eigenvalue weighted by Crippen LogP contribution is 2.35. The monoisotopic (exact) mass is 414 g/mol. The number of hydrogen-bond acceptors (Lipinski definition) is 6. The normalized spacial score (nSPS) is 16.9. The van der Waals surface area contributed by atoms with E-state index in [1.807, 2.05) is 59.3 Å². The van der Waals surface area contributed by atoms with Gasteiger partial charge in [0, 0.05) is 24.7 Å². The van der Waals surface area contributed by atoms with Crippen molar-refractivity contribution in [1.29, 1.82) is 0 Å². The van der Waals surface area contributed by atoms with Crippen molar-refractivity contribution in [3.63, 3.8) is 0 Å². The van der Waals surface area contributed by atoms with Crippen LogP contribution in [-0.2, 0) is 0 Å². The van der Waals surface area contributed by atoms with Gasteiger partial charge in [-0.1, -0.05) is 18.2 Å². The molecule has 7 heteroatoms. The van der Waals surface area contributed by atoms with Crippen molar-refractivity contribution >= 4 is 16.9 Å². The molecule has 0 spiro atoms. The summed E-state index contributed by atoms with van der Waals surface area (Å²) in [5.74, 6) is 2.03. The molecule has 1 atom stereocenters. The minimum absolute atomic E-state index is 0.272. The van der Waals surface area contributed by atoms with Crippen LogP contribution in [0.3, 0.4) is 0 Å². The summed E-state index contributed by atoms with van der Waals surface area (Å²) in [5, 5.41) is 5.78. The summed E-state index contributed by atoms with van der Waals surface area (Å²) in [6.45, 7) is 6.48. The molecule has 0 radical (unpaired) electrons. The van der Waals surface area contributed by atoms with Crippen molar-refractivity contribution in [1.82, 2.24) is 24.6 Å². The maximum absolute atomic E-state index is 6.27. The SMILES string of the molecule is CC(C)N1CC[C@@H](n2nc(-c3ccc(Oc4ccccc4)cc3)c3c(N)ncnc32)C1.